The molecule has 1 fully saturated rings. The van der Waals surface area contributed by atoms with E-state index in [0.717, 1.165) is 24.9 Å². The Morgan fingerprint density at radius 3 is 2.74 bits per heavy atom. The summed E-state index contributed by atoms with van der Waals surface area (Å²) in [5.74, 6) is 0.514. The van der Waals surface area contributed by atoms with Gasteiger partial charge >= 0.3 is 0 Å². The maximum atomic E-state index is 12.2. The van der Waals surface area contributed by atoms with Crippen LogP contribution in [0.5, 0.6) is 0 Å². The third-order valence-corrected chi connectivity index (χ3v) is 5.03. The predicted octanol–water partition coefficient (Wildman–Crippen LogP) is 1.87. The zero-order chi connectivity index (χ0) is 13.9. The molecule has 1 aromatic carbocycles. The fourth-order valence-corrected chi connectivity index (χ4v) is 3.59. The van der Waals surface area contributed by atoms with Crippen LogP contribution in [0, 0.1) is 5.92 Å². The van der Waals surface area contributed by atoms with E-state index >= 15 is 0 Å². The highest BCUT2D eigenvalue weighted by Crippen LogP contribution is 2.34. The molecule has 1 saturated carbocycles. The molecule has 0 saturated heterocycles. The number of nitrogens with one attached hydrogen (secondary N) is 2. The molecule has 0 amide bonds. The summed E-state index contributed by atoms with van der Waals surface area (Å²) in [4.78, 5) is 0.365. The third kappa shape index (κ3) is 3.78. The molecule has 2 rings (SSSR count). The smallest absolute Gasteiger partial charge is 0.240 e. The topological polar surface area (TPSA) is 58.2 Å². The van der Waals surface area contributed by atoms with Crippen LogP contribution in [-0.2, 0) is 16.6 Å². The van der Waals surface area contributed by atoms with Gasteiger partial charge in [0.2, 0.25) is 10.0 Å². The molecule has 0 radical (unpaired) electrons. The molecule has 0 aromatic heterocycles. The van der Waals surface area contributed by atoms with E-state index < -0.39 is 10.0 Å². The SMILES string of the molecule is CCNCc1cccc(S(=O)(=O)NC2CC2CC)c1. The van der Waals surface area contributed by atoms with Crippen LogP contribution >= 0.6 is 0 Å². The van der Waals surface area contributed by atoms with Crippen molar-refractivity contribution in [3.8, 4) is 0 Å². The van der Waals surface area contributed by atoms with Gasteiger partial charge in [0.15, 0.2) is 0 Å². The number of hydrogen-bond donors (Lipinski definition) is 2. The molecule has 0 bridgehead atoms. The minimum atomic E-state index is -3.37. The van der Waals surface area contributed by atoms with Crippen molar-refractivity contribution in [1.82, 2.24) is 10.0 Å². The first-order valence-electron chi connectivity index (χ1n) is 6.88. The Hall–Kier alpha value is -0.910. The molecule has 1 aromatic rings. The molecule has 2 unspecified atom stereocenters. The molecule has 0 aliphatic heterocycles. The van der Waals surface area contributed by atoms with Crippen molar-refractivity contribution in [2.75, 3.05) is 6.54 Å². The molecule has 19 heavy (non-hydrogen) atoms. The van der Waals surface area contributed by atoms with Crippen molar-refractivity contribution in [2.24, 2.45) is 5.92 Å². The van der Waals surface area contributed by atoms with E-state index in [-0.39, 0.29) is 6.04 Å². The van der Waals surface area contributed by atoms with E-state index in [4.69, 9.17) is 0 Å². The molecule has 0 spiro atoms. The second kappa shape index (κ2) is 6.03. The Balaban J connectivity index is 2.07. The second-order valence-corrected chi connectivity index (χ2v) is 6.77. The van der Waals surface area contributed by atoms with Gasteiger partial charge in [0.05, 0.1) is 4.90 Å². The van der Waals surface area contributed by atoms with Crippen LogP contribution in [0.4, 0.5) is 0 Å². The highest BCUT2D eigenvalue weighted by atomic mass is 32.2. The average molecular weight is 282 g/mol. The molecule has 1 aliphatic carbocycles. The Kier molecular flexibility index (Phi) is 4.60. The largest absolute Gasteiger partial charge is 0.313 e. The molecule has 2 N–H and O–H groups in total. The first kappa shape index (κ1) is 14.5. The first-order chi connectivity index (χ1) is 9.06. The van der Waals surface area contributed by atoms with Gasteiger partial charge in [-0.05, 0) is 36.6 Å². The monoisotopic (exact) mass is 282 g/mol. The summed E-state index contributed by atoms with van der Waals surface area (Å²) in [7, 11) is -3.37. The van der Waals surface area contributed by atoms with Crippen LogP contribution < -0.4 is 10.0 Å². The lowest BCUT2D eigenvalue weighted by atomic mass is 10.2. The summed E-state index contributed by atoms with van der Waals surface area (Å²) in [6.07, 6.45) is 2.00. The van der Waals surface area contributed by atoms with Gasteiger partial charge in [0.25, 0.3) is 0 Å². The van der Waals surface area contributed by atoms with E-state index in [0.29, 0.717) is 17.4 Å². The molecule has 106 valence electrons. The highest BCUT2D eigenvalue weighted by Gasteiger charge is 2.38. The zero-order valence-electron chi connectivity index (χ0n) is 11.5. The van der Waals surface area contributed by atoms with E-state index in [1.54, 1.807) is 18.2 Å². The van der Waals surface area contributed by atoms with Gasteiger partial charge in [-0.15, -0.1) is 0 Å². The standard InChI is InChI=1S/C14H22N2O2S/c1-3-12-9-14(12)16-19(17,18)13-7-5-6-11(8-13)10-15-4-2/h5-8,12,14-16H,3-4,9-10H2,1-2H3. The Labute approximate surface area is 115 Å². The summed E-state index contributed by atoms with van der Waals surface area (Å²) in [6.45, 7) is 5.69. The summed E-state index contributed by atoms with van der Waals surface area (Å²) in [5.41, 5.74) is 0.993. The molecule has 2 atom stereocenters. The summed E-state index contributed by atoms with van der Waals surface area (Å²) < 4.78 is 27.3. The maximum Gasteiger partial charge on any atom is 0.240 e. The molecular weight excluding hydrogens is 260 g/mol. The molecular formula is C14H22N2O2S. The van der Waals surface area contributed by atoms with Crippen molar-refractivity contribution in [3.05, 3.63) is 29.8 Å². The predicted molar refractivity (Wildman–Crippen MR) is 76.3 cm³/mol. The van der Waals surface area contributed by atoms with Gasteiger partial charge in [-0.3, -0.25) is 0 Å². The van der Waals surface area contributed by atoms with Gasteiger partial charge in [-0.2, -0.15) is 0 Å². The molecule has 5 heteroatoms. The zero-order valence-corrected chi connectivity index (χ0v) is 12.3. The Bertz CT molecular complexity index is 528. The summed E-state index contributed by atoms with van der Waals surface area (Å²) in [6, 6.07) is 7.27. The van der Waals surface area contributed by atoms with Crippen molar-refractivity contribution in [3.63, 3.8) is 0 Å². The Morgan fingerprint density at radius 1 is 1.32 bits per heavy atom. The third-order valence-electron chi connectivity index (χ3n) is 3.54. The normalized spacial score (nSPS) is 22.4. The molecule has 4 nitrogen and oxygen atoms in total. The van der Waals surface area contributed by atoms with Crippen LogP contribution in [0.2, 0.25) is 0 Å². The van der Waals surface area contributed by atoms with Crippen LogP contribution in [0.1, 0.15) is 32.3 Å². The lowest BCUT2D eigenvalue weighted by Gasteiger charge is -2.08. The van der Waals surface area contributed by atoms with Crippen molar-refractivity contribution in [2.45, 2.75) is 44.2 Å². The Morgan fingerprint density at radius 2 is 2.11 bits per heavy atom. The van der Waals surface area contributed by atoms with E-state index in [1.807, 2.05) is 13.0 Å². The number of benzene rings is 1. The average Bonchev–Trinajstić information content (AvgIpc) is 3.14. The van der Waals surface area contributed by atoms with Gasteiger partial charge in [0, 0.05) is 12.6 Å². The van der Waals surface area contributed by atoms with E-state index in [1.165, 1.54) is 0 Å². The van der Waals surface area contributed by atoms with Gasteiger partial charge in [-0.25, -0.2) is 13.1 Å². The maximum absolute atomic E-state index is 12.2. The van der Waals surface area contributed by atoms with Crippen LogP contribution in [0.25, 0.3) is 0 Å². The lowest BCUT2D eigenvalue weighted by Crippen LogP contribution is -2.27. The minimum absolute atomic E-state index is 0.132. The summed E-state index contributed by atoms with van der Waals surface area (Å²) in [5, 5.41) is 3.20. The second-order valence-electron chi connectivity index (χ2n) is 5.06. The van der Waals surface area contributed by atoms with Crippen molar-refractivity contribution < 1.29 is 8.42 Å². The molecule has 1 aliphatic rings. The fraction of sp³-hybridized carbons (Fsp3) is 0.571. The summed E-state index contributed by atoms with van der Waals surface area (Å²) >= 11 is 0. The van der Waals surface area contributed by atoms with Crippen molar-refractivity contribution >= 4 is 10.0 Å². The van der Waals surface area contributed by atoms with Gasteiger partial charge in [0.1, 0.15) is 0 Å². The number of sulfonamides is 1. The quantitative estimate of drug-likeness (QED) is 0.802. The van der Waals surface area contributed by atoms with Crippen LogP contribution in [-0.4, -0.2) is 21.0 Å². The van der Waals surface area contributed by atoms with Gasteiger partial charge < -0.3 is 5.32 Å². The van der Waals surface area contributed by atoms with E-state index in [2.05, 4.69) is 17.0 Å². The fourth-order valence-electron chi connectivity index (χ4n) is 2.20. The first-order valence-corrected chi connectivity index (χ1v) is 8.37. The minimum Gasteiger partial charge on any atom is -0.313 e. The van der Waals surface area contributed by atoms with Crippen LogP contribution in [0.3, 0.4) is 0 Å². The van der Waals surface area contributed by atoms with Crippen molar-refractivity contribution in [1.29, 1.82) is 0 Å². The number of rotatable bonds is 7. The molecule has 0 heterocycles. The highest BCUT2D eigenvalue weighted by molar-refractivity contribution is 7.89. The number of hydrogen-bond acceptors (Lipinski definition) is 3. The van der Waals surface area contributed by atoms with Gasteiger partial charge in [-0.1, -0.05) is 32.4 Å². The van der Waals surface area contributed by atoms with E-state index in [9.17, 15) is 8.42 Å². The van der Waals surface area contributed by atoms with Crippen LogP contribution in [0.15, 0.2) is 29.2 Å². The lowest BCUT2D eigenvalue weighted by molar-refractivity contribution is 0.575.